The van der Waals surface area contributed by atoms with Gasteiger partial charge in [0.2, 0.25) is 0 Å². The van der Waals surface area contributed by atoms with Gasteiger partial charge in [-0.05, 0) is 61.2 Å². The SMILES string of the molecule is Cc1cc(-c2cc3c(F)cc([C@@]4(O)CCCC[C@@H]4O)cc3nn2)cc2cn(C)nc12. The highest BCUT2D eigenvalue weighted by molar-refractivity contribution is 5.89. The van der Waals surface area contributed by atoms with Gasteiger partial charge < -0.3 is 10.2 Å². The normalized spacial score (nSPS) is 22.1. The first kappa shape index (κ1) is 19.1. The van der Waals surface area contributed by atoms with Crippen LogP contribution in [0.15, 0.2) is 36.5 Å². The molecular formula is C23H23FN4O2. The Kier molecular flexibility index (Phi) is 4.34. The van der Waals surface area contributed by atoms with Crippen LogP contribution in [0.2, 0.25) is 0 Å². The molecule has 0 unspecified atom stereocenters. The molecule has 5 rings (SSSR count). The predicted molar refractivity (Wildman–Crippen MR) is 112 cm³/mol. The van der Waals surface area contributed by atoms with Crippen molar-refractivity contribution in [1.29, 1.82) is 0 Å². The molecule has 0 spiro atoms. The summed E-state index contributed by atoms with van der Waals surface area (Å²) in [4.78, 5) is 0. The molecule has 2 aromatic carbocycles. The van der Waals surface area contributed by atoms with E-state index in [0.717, 1.165) is 34.9 Å². The zero-order valence-corrected chi connectivity index (χ0v) is 16.9. The van der Waals surface area contributed by atoms with Gasteiger partial charge in [0.1, 0.15) is 11.4 Å². The van der Waals surface area contributed by atoms with Crippen LogP contribution in [0, 0.1) is 12.7 Å². The average molecular weight is 406 g/mol. The second-order valence-corrected chi connectivity index (χ2v) is 8.34. The number of aromatic nitrogens is 4. The summed E-state index contributed by atoms with van der Waals surface area (Å²) in [7, 11) is 1.87. The Hall–Kier alpha value is -2.90. The van der Waals surface area contributed by atoms with Gasteiger partial charge in [0.15, 0.2) is 0 Å². The van der Waals surface area contributed by atoms with Crippen molar-refractivity contribution in [2.75, 3.05) is 0 Å². The molecule has 0 bridgehead atoms. The van der Waals surface area contributed by atoms with Gasteiger partial charge in [0.25, 0.3) is 0 Å². The molecule has 6 nitrogen and oxygen atoms in total. The molecule has 0 amide bonds. The first-order valence-corrected chi connectivity index (χ1v) is 10.2. The highest BCUT2D eigenvalue weighted by Gasteiger charge is 2.40. The number of hydrogen-bond donors (Lipinski definition) is 2. The molecule has 1 aliphatic rings. The molecule has 2 atom stereocenters. The van der Waals surface area contributed by atoms with Gasteiger partial charge in [-0.1, -0.05) is 12.8 Å². The molecule has 154 valence electrons. The maximum Gasteiger partial charge on any atom is 0.133 e. The molecule has 0 aliphatic heterocycles. The molecule has 7 heteroatoms. The van der Waals surface area contributed by atoms with Crippen LogP contribution in [-0.4, -0.2) is 36.3 Å². The number of benzene rings is 2. The van der Waals surface area contributed by atoms with Gasteiger partial charge in [-0.15, -0.1) is 10.2 Å². The van der Waals surface area contributed by atoms with Crippen molar-refractivity contribution in [3.05, 3.63) is 53.5 Å². The summed E-state index contributed by atoms with van der Waals surface area (Å²) in [5, 5.41) is 35.7. The maximum absolute atomic E-state index is 15.1. The van der Waals surface area contributed by atoms with Gasteiger partial charge in [-0.2, -0.15) is 5.10 Å². The Morgan fingerprint density at radius 2 is 1.97 bits per heavy atom. The third-order valence-corrected chi connectivity index (χ3v) is 6.20. The number of aryl methyl sites for hydroxylation is 2. The molecule has 2 N–H and O–H groups in total. The zero-order valence-electron chi connectivity index (χ0n) is 16.9. The second kappa shape index (κ2) is 6.82. The van der Waals surface area contributed by atoms with Crippen molar-refractivity contribution in [3.63, 3.8) is 0 Å². The van der Waals surface area contributed by atoms with E-state index in [9.17, 15) is 10.2 Å². The number of rotatable bonds is 2. The van der Waals surface area contributed by atoms with E-state index in [1.807, 2.05) is 32.3 Å². The summed E-state index contributed by atoms with van der Waals surface area (Å²) in [6.07, 6.45) is 3.55. The van der Waals surface area contributed by atoms with Crippen LogP contribution < -0.4 is 0 Å². The smallest absolute Gasteiger partial charge is 0.133 e. The van der Waals surface area contributed by atoms with Crippen molar-refractivity contribution in [1.82, 2.24) is 20.0 Å². The monoisotopic (exact) mass is 406 g/mol. The number of aliphatic hydroxyl groups is 2. The Morgan fingerprint density at radius 3 is 2.77 bits per heavy atom. The van der Waals surface area contributed by atoms with Crippen LogP contribution in [0.5, 0.6) is 0 Å². The summed E-state index contributed by atoms with van der Waals surface area (Å²) in [6.45, 7) is 1.98. The van der Waals surface area contributed by atoms with Gasteiger partial charge in [-0.25, -0.2) is 4.39 Å². The minimum absolute atomic E-state index is 0.335. The minimum Gasteiger partial charge on any atom is -0.390 e. The topological polar surface area (TPSA) is 84.1 Å². The zero-order chi connectivity index (χ0) is 21.0. The van der Waals surface area contributed by atoms with Crippen LogP contribution in [0.4, 0.5) is 4.39 Å². The van der Waals surface area contributed by atoms with Gasteiger partial charge >= 0.3 is 0 Å². The van der Waals surface area contributed by atoms with Crippen molar-refractivity contribution < 1.29 is 14.6 Å². The van der Waals surface area contributed by atoms with Crippen LogP contribution in [0.25, 0.3) is 33.1 Å². The quantitative estimate of drug-likeness (QED) is 0.530. The Morgan fingerprint density at radius 1 is 1.13 bits per heavy atom. The van der Waals surface area contributed by atoms with Crippen molar-refractivity contribution in [2.24, 2.45) is 7.05 Å². The van der Waals surface area contributed by atoms with Crippen LogP contribution in [-0.2, 0) is 12.6 Å². The van der Waals surface area contributed by atoms with E-state index in [1.54, 1.807) is 16.8 Å². The van der Waals surface area contributed by atoms with Gasteiger partial charge in [-0.3, -0.25) is 4.68 Å². The fourth-order valence-electron chi connectivity index (χ4n) is 4.55. The lowest BCUT2D eigenvalue weighted by Gasteiger charge is -2.37. The van der Waals surface area contributed by atoms with Crippen molar-refractivity contribution >= 4 is 21.8 Å². The molecule has 1 saturated carbocycles. The maximum atomic E-state index is 15.1. The summed E-state index contributed by atoms with van der Waals surface area (Å²) in [6, 6.07) is 8.58. The summed E-state index contributed by atoms with van der Waals surface area (Å²) in [5.41, 5.74) is 2.61. The van der Waals surface area contributed by atoms with Gasteiger partial charge in [0, 0.05) is 29.6 Å². The third kappa shape index (κ3) is 2.97. The molecule has 0 saturated heterocycles. The highest BCUT2D eigenvalue weighted by atomic mass is 19.1. The van der Waals surface area contributed by atoms with E-state index in [0.29, 0.717) is 35.0 Å². The average Bonchev–Trinajstić information content (AvgIpc) is 3.11. The molecule has 2 aromatic heterocycles. The Balaban J connectivity index is 1.61. The predicted octanol–water partition coefficient (Wildman–Crippen LogP) is 3.75. The van der Waals surface area contributed by atoms with Crippen LogP contribution in [0.1, 0.15) is 36.8 Å². The summed E-state index contributed by atoms with van der Waals surface area (Å²) in [5.74, 6) is -0.482. The molecular weight excluding hydrogens is 383 g/mol. The van der Waals surface area contributed by atoms with E-state index in [-0.39, 0.29) is 0 Å². The summed E-state index contributed by atoms with van der Waals surface area (Å²) < 4.78 is 16.8. The number of aliphatic hydroxyl groups excluding tert-OH is 1. The second-order valence-electron chi connectivity index (χ2n) is 8.34. The number of fused-ring (bicyclic) bond motifs is 2. The molecule has 4 aromatic rings. The molecule has 2 heterocycles. The van der Waals surface area contributed by atoms with E-state index in [4.69, 9.17) is 0 Å². The fraction of sp³-hybridized carbons (Fsp3) is 0.348. The Labute approximate surface area is 173 Å². The number of nitrogens with zero attached hydrogens (tertiary/aromatic N) is 4. The molecule has 1 aliphatic carbocycles. The lowest BCUT2D eigenvalue weighted by atomic mass is 9.77. The van der Waals surface area contributed by atoms with Crippen molar-refractivity contribution in [3.8, 4) is 11.3 Å². The first-order valence-electron chi connectivity index (χ1n) is 10.2. The van der Waals surface area contributed by atoms with Crippen LogP contribution >= 0.6 is 0 Å². The lowest BCUT2D eigenvalue weighted by Crippen LogP contribution is -2.42. The highest BCUT2D eigenvalue weighted by Crippen LogP contribution is 2.39. The minimum atomic E-state index is -1.45. The van der Waals surface area contributed by atoms with Crippen LogP contribution in [0.3, 0.4) is 0 Å². The number of halogens is 1. The molecule has 30 heavy (non-hydrogen) atoms. The van der Waals surface area contributed by atoms with E-state index < -0.39 is 17.5 Å². The standard InChI is InChI=1S/C23H23FN4O2/c1-13-7-14(8-15-12-28(2)27-22(13)15)19-11-17-18(24)9-16(10-20(17)26-25-19)23(30)6-4-3-5-21(23)29/h7-12,21,29-30H,3-6H2,1-2H3/t21-,23-/m0/s1. The first-order chi connectivity index (χ1) is 14.3. The van der Waals surface area contributed by atoms with Crippen molar-refractivity contribution in [2.45, 2.75) is 44.3 Å². The molecule has 0 radical (unpaired) electrons. The largest absolute Gasteiger partial charge is 0.390 e. The fourth-order valence-corrected chi connectivity index (χ4v) is 4.55. The molecule has 1 fully saturated rings. The van der Waals surface area contributed by atoms with E-state index >= 15 is 4.39 Å². The van der Waals surface area contributed by atoms with E-state index in [2.05, 4.69) is 15.3 Å². The summed E-state index contributed by atoms with van der Waals surface area (Å²) >= 11 is 0. The van der Waals surface area contributed by atoms with Gasteiger partial charge in [0.05, 0.1) is 22.8 Å². The Bertz CT molecular complexity index is 1290. The van der Waals surface area contributed by atoms with E-state index in [1.165, 1.54) is 6.07 Å². The number of hydrogen-bond acceptors (Lipinski definition) is 5. The third-order valence-electron chi connectivity index (χ3n) is 6.20. The lowest BCUT2D eigenvalue weighted by molar-refractivity contribution is -0.106.